The van der Waals surface area contributed by atoms with Crippen molar-refractivity contribution in [1.82, 2.24) is 10.9 Å². The van der Waals surface area contributed by atoms with Crippen molar-refractivity contribution in [2.45, 2.75) is 0 Å². The topological polar surface area (TPSA) is 67.4 Å². The number of ether oxygens (including phenoxy) is 1. The van der Waals surface area contributed by atoms with Gasteiger partial charge >= 0.3 is 0 Å². The Morgan fingerprint density at radius 2 is 1.35 bits per heavy atom. The quantitative estimate of drug-likeness (QED) is 0.806. The summed E-state index contributed by atoms with van der Waals surface area (Å²) in [5, 5.41) is 0.886. The van der Waals surface area contributed by atoms with Gasteiger partial charge in [-0.2, -0.15) is 0 Å². The summed E-state index contributed by atoms with van der Waals surface area (Å²) in [7, 11) is 1.42. The minimum atomic E-state index is -0.571. The van der Waals surface area contributed by atoms with Crippen LogP contribution in [0.25, 0.3) is 0 Å². The standard InChI is InChI=1S/C15H11Cl3N2O3/c1-23-13-11(17)6-9(7-12(13)18)15(22)20-19-14(21)8-2-4-10(16)5-3-8/h2-7H,1H3,(H,19,21)(H,20,22). The largest absolute Gasteiger partial charge is 0.494 e. The second-order valence-electron chi connectivity index (χ2n) is 4.39. The van der Waals surface area contributed by atoms with Crippen LogP contribution in [0.2, 0.25) is 15.1 Å². The summed E-state index contributed by atoms with van der Waals surface area (Å²) in [6.07, 6.45) is 0. The molecule has 0 aliphatic carbocycles. The van der Waals surface area contributed by atoms with E-state index in [1.807, 2.05) is 0 Å². The third-order valence-electron chi connectivity index (χ3n) is 2.86. The first-order valence-corrected chi connectivity index (χ1v) is 7.45. The molecule has 120 valence electrons. The van der Waals surface area contributed by atoms with E-state index in [9.17, 15) is 9.59 Å². The fourth-order valence-electron chi connectivity index (χ4n) is 1.75. The van der Waals surface area contributed by atoms with Gasteiger partial charge in [0.25, 0.3) is 11.8 Å². The summed E-state index contributed by atoms with van der Waals surface area (Å²) in [5.74, 6) is -0.783. The van der Waals surface area contributed by atoms with Crippen molar-refractivity contribution in [2.75, 3.05) is 7.11 Å². The third kappa shape index (κ3) is 4.28. The molecular formula is C15H11Cl3N2O3. The molecule has 0 unspecified atom stereocenters. The van der Waals surface area contributed by atoms with Gasteiger partial charge in [0, 0.05) is 16.1 Å². The Morgan fingerprint density at radius 1 is 0.870 bits per heavy atom. The lowest BCUT2D eigenvalue weighted by Crippen LogP contribution is -2.41. The van der Waals surface area contributed by atoms with Gasteiger partial charge in [-0.3, -0.25) is 20.4 Å². The van der Waals surface area contributed by atoms with Crippen LogP contribution in [0, 0.1) is 0 Å². The molecule has 0 aliphatic heterocycles. The van der Waals surface area contributed by atoms with E-state index in [4.69, 9.17) is 39.5 Å². The Balaban J connectivity index is 2.05. The zero-order valence-corrected chi connectivity index (χ0v) is 14.1. The number of amides is 2. The van der Waals surface area contributed by atoms with Crippen LogP contribution in [0.4, 0.5) is 0 Å². The third-order valence-corrected chi connectivity index (χ3v) is 3.67. The van der Waals surface area contributed by atoms with Gasteiger partial charge in [-0.1, -0.05) is 34.8 Å². The number of hydrogen-bond donors (Lipinski definition) is 2. The Morgan fingerprint density at radius 3 is 1.83 bits per heavy atom. The van der Waals surface area contributed by atoms with Crippen molar-refractivity contribution in [1.29, 1.82) is 0 Å². The molecule has 0 bridgehead atoms. The molecule has 0 saturated carbocycles. The molecule has 0 aliphatic rings. The average molecular weight is 374 g/mol. The van der Waals surface area contributed by atoms with E-state index in [1.54, 1.807) is 12.1 Å². The van der Waals surface area contributed by atoms with Crippen molar-refractivity contribution in [3.8, 4) is 5.75 Å². The van der Waals surface area contributed by atoms with Crippen molar-refractivity contribution in [2.24, 2.45) is 0 Å². The highest BCUT2D eigenvalue weighted by Crippen LogP contribution is 2.33. The van der Waals surface area contributed by atoms with Crippen LogP contribution < -0.4 is 15.6 Å². The van der Waals surface area contributed by atoms with Crippen LogP contribution in [0.3, 0.4) is 0 Å². The molecule has 5 nitrogen and oxygen atoms in total. The summed E-state index contributed by atoms with van der Waals surface area (Å²) in [5.41, 5.74) is 5.09. The number of carbonyl (C=O) groups is 2. The number of rotatable bonds is 3. The lowest BCUT2D eigenvalue weighted by atomic mass is 10.2. The first kappa shape index (κ1) is 17.4. The maximum atomic E-state index is 12.0. The molecule has 0 atom stereocenters. The Labute approximate surface area is 147 Å². The molecule has 2 amide bonds. The fraction of sp³-hybridized carbons (Fsp3) is 0.0667. The van der Waals surface area contributed by atoms with Crippen molar-refractivity contribution in [3.63, 3.8) is 0 Å². The van der Waals surface area contributed by atoms with E-state index < -0.39 is 11.8 Å². The predicted octanol–water partition coefficient (Wildman–Crippen LogP) is 3.73. The molecule has 2 aromatic rings. The predicted molar refractivity (Wildman–Crippen MR) is 89.4 cm³/mol. The van der Waals surface area contributed by atoms with Crippen LogP contribution in [0.5, 0.6) is 5.75 Å². The molecule has 0 saturated heterocycles. The molecule has 0 fully saturated rings. The number of halogens is 3. The highest BCUT2D eigenvalue weighted by molar-refractivity contribution is 6.37. The van der Waals surface area contributed by atoms with Crippen molar-refractivity contribution < 1.29 is 14.3 Å². The minimum absolute atomic E-state index is 0.178. The Bertz CT molecular complexity index is 725. The highest BCUT2D eigenvalue weighted by atomic mass is 35.5. The molecule has 2 rings (SSSR count). The van der Waals surface area contributed by atoms with Gasteiger partial charge in [0.2, 0.25) is 0 Å². The van der Waals surface area contributed by atoms with Crippen LogP contribution in [-0.4, -0.2) is 18.9 Å². The van der Waals surface area contributed by atoms with E-state index in [1.165, 1.54) is 31.4 Å². The van der Waals surface area contributed by atoms with Crippen molar-refractivity contribution >= 4 is 46.6 Å². The second kappa shape index (κ2) is 7.55. The summed E-state index contributed by atoms with van der Waals surface area (Å²) >= 11 is 17.7. The lowest BCUT2D eigenvalue weighted by molar-refractivity contribution is 0.0846. The summed E-state index contributed by atoms with van der Waals surface area (Å²) in [6, 6.07) is 8.98. The van der Waals surface area contributed by atoms with Gasteiger partial charge < -0.3 is 4.74 Å². The fourth-order valence-corrected chi connectivity index (χ4v) is 2.51. The van der Waals surface area contributed by atoms with E-state index in [0.717, 1.165) is 0 Å². The molecule has 0 spiro atoms. The van der Waals surface area contributed by atoms with E-state index in [0.29, 0.717) is 10.6 Å². The molecule has 23 heavy (non-hydrogen) atoms. The Kier molecular flexibility index (Phi) is 5.71. The second-order valence-corrected chi connectivity index (χ2v) is 5.64. The zero-order chi connectivity index (χ0) is 17.0. The monoisotopic (exact) mass is 372 g/mol. The number of benzene rings is 2. The normalized spacial score (nSPS) is 10.1. The maximum Gasteiger partial charge on any atom is 0.269 e. The minimum Gasteiger partial charge on any atom is -0.494 e. The molecule has 0 radical (unpaired) electrons. The molecule has 2 N–H and O–H groups in total. The van der Waals surface area contributed by atoms with Crippen LogP contribution in [-0.2, 0) is 0 Å². The van der Waals surface area contributed by atoms with Crippen LogP contribution in [0.15, 0.2) is 36.4 Å². The number of hydrogen-bond acceptors (Lipinski definition) is 3. The summed E-state index contributed by atoms with van der Waals surface area (Å²) in [4.78, 5) is 23.9. The molecule has 0 heterocycles. The van der Waals surface area contributed by atoms with Gasteiger partial charge in [-0.15, -0.1) is 0 Å². The van der Waals surface area contributed by atoms with E-state index in [2.05, 4.69) is 10.9 Å². The lowest BCUT2D eigenvalue weighted by Gasteiger charge is -2.10. The van der Waals surface area contributed by atoms with E-state index >= 15 is 0 Å². The number of methoxy groups -OCH3 is 1. The Hall–Kier alpha value is -1.95. The van der Waals surface area contributed by atoms with Gasteiger partial charge in [-0.05, 0) is 36.4 Å². The first-order valence-electron chi connectivity index (χ1n) is 6.31. The molecule has 8 heteroatoms. The number of carbonyl (C=O) groups excluding carboxylic acids is 2. The van der Waals surface area contributed by atoms with Gasteiger partial charge in [0.15, 0.2) is 5.75 Å². The summed E-state index contributed by atoms with van der Waals surface area (Å²) in [6.45, 7) is 0. The van der Waals surface area contributed by atoms with Gasteiger partial charge in [0.1, 0.15) is 0 Å². The average Bonchev–Trinajstić information content (AvgIpc) is 2.52. The first-order chi connectivity index (χ1) is 10.9. The van der Waals surface area contributed by atoms with Gasteiger partial charge in [0.05, 0.1) is 17.2 Å². The van der Waals surface area contributed by atoms with Crippen molar-refractivity contribution in [3.05, 3.63) is 62.6 Å². The smallest absolute Gasteiger partial charge is 0.269 e. The molecule has 2 aromatic carbocycles. The van der Waals surface area contributed by atoms with Crippen LogP contribution >= 0.6 is 34.8 Å². The van der Waals surface area contributed by atoms with Gasteiger partial charge in [-0.25, -0.2) is 0 Å². The van der Waals surface area contributed by atoms with E-state index in [-0.39, 0.29) is 21.4 Å². The maximum absolute atomic E-state index is 12.0. The molecule has 0 aromatic heterocycles. The number of hydrazine groups is 1. The zero-order valence-electron chi connectivity index (χ0n) is 11.8. The van der Waals surface area contributed by atoms with Crippen LogP contribution in [0.1, 0.15) is 20.7 Å². The SMILES string of the molecule is COc1c(Cl)cc(C(=O)NNC(=O)c2ccc(Cl)cc2)cc1Cl. The highest BCUT2D eigenvalue weighted by Gasteiger charge is 2.14. The molecular weight excluding hydrogens is 363 g/mol. The number of nitrogens with one attached hydrogen (secondary N) is 2. The summed E-state index contributed by atoms with van der Waals surface area (Å²) < 4.78 is 5.00.